The van der Waals surface area contributed by atoms with Gasteiger partial charge in [0.05, 0.1) is 35.7 Å². The number of morpholine rings is 1. The molecule has 0 bridgehead atoms. The van der Waals surface area contributed by atoms with Crippen LogP contribution in [-0.4, -0.2) is 108 Å². The third kappa shape index (κ3) is 12.3. The van der Waals surface area contributed by atoms with Gasteiger partial charge in [-0.1, -0.05) is 66.2 Å². The number of sulfone groups is 1. The molecule has 2 aliphatic heterocycles. The lowest BCUT2D eigenvalue weighted by Crippen LogP contribution is -2.46. The molecule has 2 aliphatic rings. The van der Waals surface area contributed by atoms with Crippen LogP contribution in [0.25, 0.3) is 11.1 Å². The van der Waals surface area contributed by atoms with Crippen LogP contribution in [0.15, 0.2) is 131 Å². The molecule has 11 nitrogen and oxygen atoms in total. The van der Waals surface area contributed by atoms with Gasteiger partial charge in [0, 0.05) is 91.6 Å². The molecule has 0 aromatic heterocycles. The minimum Gasteiger partial charge on any atom is -0.380 e. The Labute approximate surface area is 375 Å². The molecule has 2 saturated heterocycles. The molecular formula is C47H55ClN5O6PS2. The van der Waals surface area contributed by atoms with E-state index in [1.807, 2.05) is 42.5 Å². The first-order valence-corrected chi connectivity index (χ1v) is 25.9. The number of hydrogen-bond donors (Lipinski definition) is 2. The van der Waals surface area contributed by atoms with Gasteiger partial charge in [-0.3, -0.25) is 24.2 Å². The fourth-order valence-electron chi connectivity index (χ4n) is 7.76. The lowest BCUT2D eigenvalue weighted by atomic mass is 9.99. The van der Waals surface area contributed by atoms with Gasteiger partial charge in [-0.15, -0.1) is 11.8 Å². The first-order chi connectivity index (χ1) is 30.0. The van der Waals surface area contributed by atoms with E-state index in [0.29, 0.717) is 30.2 Å². The van der Waals surface area contributed by atoms with E-state index in [0.717, 1.165) is 86.2 Å². The summed E-state index contributed by atoms with van der Waals surface area (Å²) in [6.07, 6.45) is 1.90. The number of thioether (sulfide) groups is 1. The molecule has 0 saturated carbocycles. The van der Waals surface area contributed by atoms with Crippen LogP contribution in [0.3, 0.4) is 0 Å². The number of amides is 1. The number of nitrogens with one attached hydrogen (secondary N) is 2. The van der Waals surface area contributed by atoms with Crippen LogP contribution in [0.4, 0.5) is 11.4 Å². The summed E-state index contributed by atoms with van der Waals surface area (Å²) < 4.78 is 52.5. The van der Waals surface area contributed by atoms with E-state index in [1.165, 1.54) is 17.2 Å². The number of carbonyl (C=O) groups excluding carboxylic acids is 1. The van der Waals surface area contributed by atoms with Crippen LogP contribution in [0.1, 0.15) is 29.3 Å². The molecule has 2 heterocycles. The molecule has 0 spiro atoms. The summed E-state index contributed by atoms with van der Waals surface area (Å²) >= 11 is 7.85. The fraction of sp³-hybridized carbons (Fsp3) is 0.340. The van der Waals surface area contributed by atoms with Crippen molar-refractivity contribution in [1.82, 2.24) is 14.9 Å². The molecule has 7 rings (SSSR count). The molecule has 2 fully saturated rings. The molecule has 0 radical (unpaired) electrons. The van der Waals surface area contributed by atoms with Crippen molar-refractivity contribution in [2.75, 3.05) is 87.9 Å². The first kappa shape index (κ1) is 45.8. The largest absolute Gasteiger partial charge is 0.380 e. The zero-order valence-electron chi connectivity index (χ0n) is 35.2. The molecular weight excluding hydrogens is 861 g/mol. The van der Waals surface area contributed by atoms with Crippen molar-refractivity contribution in [3.63, 3.8) is 0 Å². The second kappa shape index (κ2) is 21.5. The number of halogens is 1. The summed E-state index contributed by atoms with van der Waals surface area (Å²) in [6, 6.07) is 38.3. The Balaban J connectivity index is 1.01. The highest BCUT2D eigenvalue weighted by molar-refractivity contribution is 7.99. The summed E-state index contributed by atoms with van der Waals surface area (Å²) in [4.78, 5) is 21.9. The van der Waals surface area contributed by atoms with Gasteiger partial charge in [-0.05, 0) is 96.8 Å². The molecule has 2 atom stereocenters. The molecule has 0 aliphatic carbocycles. The van der Waals surface area contributed by atoms with E-state index in [9.17, 15) is 17.8 Å². The quantitative estimate of drug-likeness (QED) is 0.0653. The molecule has 5 aromatic rings. The number of hydrogen-bond acceptors (Lipinski definition) is 11. The second-order valence-electron chi connectivity index (χ2n) is 15.5. The normalized spacial score (nSPS) is 16.7. The third-order valence-electron chi connectivity index (χ3n) is 11.1. The maximum atomic E-state index is 14.5. The predicted octanol–water partition coefficient (Wildman–Crippen LogP) is 8.31. The Morgan fingerprint density at radius 2 is 1.55 bits per heavy atom. The minimum atomic E-state index is -4.06. The second-order valence-corrected chi connectivity index (χ2v) is 21.2. The summed E-state index contributed by atoms with van der Waals surface area (Å²) in [7, 11) is -7.87. The summed E-state index contributed by atoms with van der Waals surface area (Å²) in [5.41, 5.74) is 5.32. The zero-order chi connectivity index (χ0) is 43.5. The molecule has 62 heavy (non-hydrogen) atoms. The summed E-state index contributed by atoms with van der Waals surface area (Å²) in [5, 5.41) is 6.96. The van der Waals surface area contributed by atoms with E-state index in [-0.39, 0.29) is 22.8 Å². The van der Waals surface area contributed by atoms with Gasteiger partial charge in [0.1, 0.15) is 0 Å². The highest BCUT2D eigenvalue weighted by Crippen LogP contribution is 2.43. The van der Waals surface area contributed by atoms with E-state index in [1.54, 1.807) is 43.0 Å². The van der Waals surface area contributed by atoms with E-state index < -0.39 is 23.3 Å². The molecule has 5 aromatic carbocycles. The Kier molecular flexibility index (Phi) is 15.9. The van der Waals surface area contributed by atoms with E-state index in [4.69, 9.17) is 20.9 Å². The summed E-state index contributed by atoms with van der Waals surface area (Å²) in [6.45, 7) is 9.86. The number of ether oxygens (including phenoxy) is 1. The number of nitrogens with zero attached hydrogens (tertiary/aromatic N) is 3. The predicted molar refractivity (Wildman–Crippen MR) is 253 cm³/mol. The van der Waals surface area contributed by atoms with Gasteiger partial charge in [-0.25, -0.2) is 8.42 Å². The smallest absolute Gasteiger partial charge is 0.326 e. The van der Waals surface area contributed by atoms with Crippen LogP contribution in [0, 0.1) is 0 Å². The molecule has 328 valence electrons. The maximum absolute atomic E-state index is 14.5. The van der Waals surface area contributed by atoms with Gasteiger partial charge in [0.2, 0.25) is 0 Å². The van der Waals surface area contributed by atoms with Gasteiger partial charge < -0.3 is 19.5 Å². The van der Waals surface area contributed by atoms with Crippen LogP contribution < -0.4 is 20.6 Å². The molecule has 15 heteroatoms. The zero-order valence-corrected chi connectivity index (χ0v) is 38.5. The van der Waals surface area contributed by atoms with Crippen LogP contribution in [-0.2, 0) is 30.2 Å². The number of piperazine rings is 1. The number of carbonyl (C=O) groups is 1. The number of benzene rings is 5. The number of anilines is 2. The average Bonchev–Trinajstić information content (AvgIpc) is 3.28. The standard InChI is InChI=1S/C47H55ClN5O6PS2/c1-3-59-60(55,42-21-22-45(46(33-42)62(2,56)57)49-40(23-24-51-29-31-58-32-30-51)35-61-43-10-5-4-6-11-43)50-47(54)37-15-19-41(20-16-37)53-27-25-52(26-28-53)34-38-9-7-8-12-44(38)36-13-17-39(48)18-14-36/h4-22,33,40,49H,3,23-32,34-35H2,1-2H3,(H,50,54,55)/t40-,60?/m1/s1. The monoisotopic (exact) mass is 915 g/mol. The highest BCUT2D eigenvalue weighted by atomic mass is 35.5. The topological polar surface area (TPSA) is 121 Å². The van der Waals surface area contributed by atoms with Crippen molar-refractivity contribution >= 4 is 63.3 Å². The van der Waals surface area contributed by atoms with Crippen molar-refractivity contribution in [3.05, 3.63) is 137 Å². The molecule has 1 unspecified atom stereocenters. The Bertz CT molecular complexity index is 2410. The van der Waals surface area contributed by atoms with Crippen molar-refractivity contribution < 1.29 is 27.0 Å². The Hall–Kier alpha value is -4.17. The fourth-order valence-corrected chi connectivity index (χ4v) is 11.5. The van der Waals surface area contributed by atoms with Gasteiger partial charge in [-0.2, -0.15) is 0 Å². The Morgan fingerprint density at radius 3 is 2.24 bits per heavy atom. The van der Waals surface area contributed by atoms with Crippen LogP contribution >= 0.6 is 30.9 Å². The average molecular weight is 917 g/mol. The lowest BCUT2D eigenvalue weighted by Gasteiger charge is -2.36. The molecule has 2 N–H and O–H groups in total. The van der Waals surface area contributed by atoms with Crippen molar-refractivity contribution in [2.45, 2.75) is 35.7 Å². The van der Waals surface area contributed by atoms with Crippen molar-refractivity contribution in [2.24, 2.45) is 0 Å². The van der Waals surface area contributed by atoms with Gasteiger partial charge >= 0.3 is 7.52 Å². The van der Waals surface area contributed by atoms with Crippen LogP contribution in [0.5, 0.6) is 0 Å². The SMILES string of the molecule is CCOP(=O)(NC(=O)c1ccc(N2CCN(Cc3ccccc3-c3ccc(Cl)cc3)CC2)cc1)c1ccc(N[C@H](CCN2CCOCC2)CSc2ccccc2)c(S(C)(=O)=O)c1. The Morgan fingerprint density at radius 1 is 0.855 bits per heavy atom. The van der Waals surface area contributed by atoms with Crippen molar-refractivity contribution in [3.8, 4) is 11.1 Å². The van der Waals surface area contributed by atoms with E-state index in [2.05, 4.69) is 73.6 Å². The number of rotatable bonds is 18. The summed E-state index contributed by atoms with van der Waals surface area (Å²) in [5.74, 6) is 0.115. The third-order valence-corrected chi connectivity index (χ3v) is 15.8. The lowest BCUT2D eigenvalue weighted by molar-refractivity contribution is 0.0370. The first-order valence-electron chi connectivity index (χ1n) is 21.0. The van der Waals surface area contributed by atoms with E-state index >= 15 is 0 Å². The maximum Gasteiger partial charge on any atom is 0.326 e. The van der Waals surface area contributed by atoms with Gasteiger partial charge in [0.25, 0.3) is 5.91 Å². The van der Waals surface area contributed by atoms with Gasteiger partial charge in [0.15, 0.2) is 9.84 Å². The highest BCUT2D eigenvalue weighted by Gasteiger charge is 2.31. The van der Waals surface area contributed by atoms with Crippen LogP contribution in [0.2, 0.25) is 5.02 Å². The minimum absolute atomic E-state index is 0.0134. The van der Waals surface area contributed by atoms with Crippen molar-refractivity contribution in [1.29, 1.82) is 0 Å². The molecule has 1 amide bonds.